The summed E-state index contributed by atoms with van der Waals surface area (Å²) in [4.78, 5) is 11.6. The largest absolute Gasteiger partial charge is 0.482 e. The van der Waals surface area contributed by atoms with E-state index in [0.717, 1.165) is 18.4 Å². The van der Waals surface area contributed by atoms with Crippen molar-refractivity contribution in [1.29, 1.82) is 0 Å². The third-order valence-corrected chi connectivity index (χ3v) is 2.50. The summed E-state index contributed by atoms with van der Waals surface area (Å²) in [6.07, 6.45) is 6.77. The van der Waals surface area contributed by atoms with Crippen molar-refractivity contribution in [3.05, 3.63) is 52.6 Å². The quantitative estimate of drug-likeness (QED) is 0.755. The van der Waals surface area contributed by atoms with Crippen molar-refractivity contribution < 1.29 is 14.3 Å². The second-order valence-corrected chi connectivity index (χ2v) is 3.80. The number of aliphatic hydroxyl groups excluding tert-OH is 1. The lowest BCUT2D eigenvalue weighted by Gasteiger charge is -2.08. The van der Waals surface area contributed by atoms with Gasteiger partial charge in [-0.15, -0.1) is 6.58 Å². The SMILES string of the molecule is C=CCCC(=CC)COc1coc(CO)cc1=O. The molecule has 0 atom stereocenters. The van der Waals surface area contributed by atoms with Crippen LogP contribution in [0.25, 0.3) is 0 Å². The number of rotatable bonds is 7. The van der Waals surface area contributed by atoms with E-state index in [4.69, 9.17) is 14.3 Å². The first-order chi connectivity index (χ1) is 8.71. The number of allylic oxidation sites excluding steroid dienone is 2. The van der Waals surface area contributed by atoms with E-state index in [1.54, 1.807) is 0 Å². The lowest BCUT2D eigenvalue weighted by molar-refractivity contribution is 0.239. The molecule has 98 valence electrons. The first kappa shape index (κ1) is 14.3. The van der Waals surface area contributed by atoms with E-state index < -0.39 is 0 Å². The molecule has 0 radical (unpaired) electrons. The van der Waals surface area contributed by atoms with Gasteiger partial charge in [-0.3, -0.25) is 4.79 Å². The van der Waals surface area contributed by atoms with Gasteiger partial charge in [0.05, 0.1) is 0 Å². The average Bonchev–Trinajstić information content (AvgIpc) is 2.40. The molecule has 0 spiro atoms. The first-order valence-corrected chi connectivity index (χ1v) is 5.81. The normalized spacial score (nSPS) is 11.3. The van der Waals surface area contributed by atoms with Crippen molar-refractivity contribution in [3.63, 3.8) is 0 Å². The zero-order chi connectivity index (χ0) is 13.4. The molecule has 1 rings (SSSR count). The summed E-state index contributed by atoms with van der Waals surface area (Å²) in [5.74, 6) is 0.385. The van der Waals surface area contributed by atoms with Crippen molar-refractivity contribution in [2.24, 2.45) is 0 Å². The molecular weight excluding hydrogens is 232 g/mol. The number of hydrogen-bond acceptors (Lipinski definition) is 4. The van der Waals surface area contributed by atoms with Crippen LogP contribution in [-0.4, -0.2) is 11.7 Å². The highest BCUT2D eigenvalue weighted by molar-refractivity contribution is 5.18. The summed E-state index contributed by atoms with van der Waals surface area (Å²) in [5, 5.41) is 8.81. The third kappa shape index (κ3) is 4.22. The van der Waals surface area contributed by atoms with Gasteiger partial charge < -0.3 is 14.3 Å². The van der Waals surface area contributed by atoms with Gasteiger partial charge in [0.15, 0.2) is 0 Å². The molecule has 18 heavy (non-hydrogen) atoms. The van der Waals surface area contributed by atoms with Crippen LogP contribution in [0.3, 0.4) is 0 Å². The molecule has 0 unspecified atom stereocenters. The van der Waals surface area contributed by atoms with Gasteiger partial charge >= 0.3 is 0 Å². The minimum absolute atomic E-state index is 0.158. The van der Waals surface area contributed by atoms with Crippen LogP contribution < -0.4 is 10.2 Å². The van der Waals surface area contributed by atoms with Crippen LogP contribution in [0.15, 0.2) is 45.8 Å². The summed E-state index contributed by atoms with van der Waals surface area (Å²) < 4.78 is 10.4. The second-order valence-electron chi connectivity index (χ2n) is 3.80. The number of ether oxygens (including phenoxy) is 1. The molecule has 0 bridgehead atoms. The van der Waals surface area contributed by atoms with Crippen molar-refractivity contribution in [1.82, 2.24) is 0 Å². The molecule has 1 aromatic rings. The monoisotopic (exact) mass is 250 g/mol. The van der Waals surface area contributed by atoms with Crippen molar-refractivity contribution >= 4 is 0 Å². The standard InChI is InChI=1S/C14H18O4/c1-3-5-6-11(4-2)9-18-14-10-17-12(8-15)7-13(14)16/h3-4,7,10,15H,1,5-6,8-9H2,2H3. The maximum atomic E-state index is 11.6. The molecule has 1 heterocycles. The van der Waals surface area contributed by atoms with Crippen LogP contribution in [0.1, 0.15) is 25.5 Å². The van der Waals surface area contributed by atoms with Crippen molar-refractivity contribution in [2.75, 3.05) is 6.61 Å². The highest BCUT2D eigenvalue weighted by Gasteiger charge is 2.05. The average molecular weight is 250 g/mol. The molecule has 0 aliphatic rings. The summed E-state index contributed by atoms with van der Waals surface area (Å²) in [5.41, 5.74) is 0.810. The van der Waals surface area contributed by atoms with Crippen LogP contribution >= 0.6 is 0 Å². The molecule has 1 aromatic heterocycles. The Morgan fingerprint density at radius 1 is 1.61 bits per heavy atom. The molecule has 0 aromatic carbocycles. The predicted molar refractivity (Wildman–Crippen MR) is 69.6 cm³/mol. The van der Waals surface area contributed by atoms with Gasteiger partial charge in [0, 0.05) is 6.07 Å². The lowest BCUT2D eigenvalue weighted by Crippen LogP contribution is -2.10. The zero-order valence-electron chi connectivity index (χ0n) is 10.5. The van der Waals surface area contributed by atoms with Crippen molar-refractivity contribution in [2.45, 2.75) is 26.4 Å². The van der Waals surface area contributed by atoms with E-state index >= 15 is 0 Å². The molecule has 0 aliphatic heterocycles. The Morgan fingerprint density at radius 2 is 2.39 bits per heavy atom. The Morgan fingerprint density at radius 3 is 2.94 bits per heavy atom. The fourth-order valence-electron chi connectivity index (χ4n) is 1.38. The molecular formula is C14H18O4. The third-order valence-electron chi connectivity index (χ3n) is 2.50. The molecule has 0 aliphatic carbocycles. The molecule has 0 saturated carbocycles. The summed E-state index contributed by atoms with van der Waals surface area (Å²) >= 11 is 0. The van der Waals surface area contributed by atoms with E-state index in [9.17, 15) is 4.79 Å². The van der Waals surface area contributed by atoms with Gasteiger partial charge in [-0.2, -0.15) is 0 Å². The molecule has 0 fully saturated rings. The Hall–Kier alpha value is -1.81. The van der Waals surface area contributed by atoms with E-state index in [-0.39, 0.29) is 23.5 Å². The predicted octanol–water partition coefficient (Wildman–Crippen LogP) is 2.42. The summed E-state index contributed by atoms with van der Waals surface area (Å²) in [6, 6.07) is 1.23. The topological polar surface area (TPSA) is 59.7 Å². The van der Waals surface area contributed by atoms with E-state index in [1.165, 1.54) is 12.3 Å². The maximum absolute atomic E-state index is 11.6. The van der Waals surface area contributed by atoms with Crippen LogP contribution in [0.4, 0.5) is 0 Å². The van der Waals surface area contributed by atoms with E-state index in [2.05, 4.69) is 6.58 Å². The highest BCUT2D eigenvalue weighted by Crippen LogP contribution is 2.10. The Labute approximate surface area is 106 Å². The minimum atomic E-state index is -0.297. The Kier molecular flexibility index (Phi) is 5.94. The molecule has 4 nitrogen and oxygen atoms in total. The molecule has 0 saturated heterocycles. The fraction of sp³-hybridized carbons (Fsp3) is 0.357. The second kappa shape index (κ2) is 7.50. The molecule has 1 N–H and O–H groups in total. The zero-order valence-corrected chi connectivity index (χ0v) is 10.5. The van der Waals surface area contributed by atoms with E-state index in [1.807, 2.05) is 19.1 Å². The summed E-state index contributed by atoms with van der Waals surface area (Å²) in [7, 11) is 0. The first-order valence-electron chi connectivity index (χ1n) is 5.81. The fourth-order valence-corrected chi connectivity index (χ4v) is 1.38. The highest BCUT2D eigenvalue weighted by atomic mass is 16.5. The van der Waals surface area contributed by atoms with Gasteiger partial charge in [0.2, 0.25) is 11.2 Å². The van der Waals surface area contributed by atoms with Crippen LogP contribution in [0.5, 0.6) is 5.75 Å². The van der Waals surface area contributed by atoms with Gasteiger partial charge in [-0.05, 0) is 25.3 Å². The van der Waals surface area contributed by atoms with Gasteiger partial charge in [-0.1, -0.05) is 12.2 Å². The van der Waals surface area contributed by atoms with Crippen molar-refractivity contribution in [3.8, 4) is 5.75 Å². The van der Waals surface area contributed by atoms with E-state index in [0.29, 0.717) is 6.61 Å². The van der Waals surface area contributed by atoms with Crippen LogP contribution in [0, 0.1) is 0 Å². The van der Waals surface area contributed by atoms with Gasteiger partial charge in [0.25, 0.3) is 0 Å². The number of aliphatic hydroxyl groups is 1. The Balaban J connectivity index is 2.62. The van der Waals surface area contributed by atoms with Crippen LogP contribution in [0.2, 0.25) is 0 Å². The number of hydrogen-bond donors (Lipinski definition) is 1. The molecule has 0 amide bonds. The minimum Gasteiger partial charge on any atom is -0.482 e. The van der Waals surface area contributed by atoms with Crippen LogP contribution in [-0.2, 0) is 6.61 Å². The van der Waals surface area contributed by atoms with Gasteiger partial charge in [0.1, 0.15) is 25.2 Å². The smallest absolute Gasteiger partial charge is 0.227 e. The van der Waals surface area contributed by atoms with Gasteiger partial charge in [-0.25, -0.2) is 0 Å². The molecule has 4 heteroatoms. The Bertz CT molecular complexity index is 471. The maximum Gasteiger partial charge on any atom is 0.227 e. The summed E-state index contributed by atoms with van der Waals surface area (Å²) in [6.45, 7) is 5.65. The lowest BCUT2D eigenvalue weighted by atomic mass is 10.1.